The number of para-hydroxylation sites is 3. The van der Waals surface area contributed by atoms with E-state index in [-0.39, 0.29) is 18.1 Å². The molecule has 1 fully saturated rings. The first-order valence-corrected chi connectivity index (χ1v) is 12.1. The van der Waals surface area contributed by atoms with Gasteiger partial charge >= 0.3 is 5.69 Å². The van der Waals surface area contributed by atoms with Gasteiger partial charge in [0.2, 0.25) is 11.6 Å². The number of piperazine rings is 1. The maximum Gasteiger partial charge on any atom is 0.350 e. The third-order valence-corrected chi connectivity index (χ3v) is 6.27. The van der Waals surface area contributed by atoms with Gasteiger partial charge < -0.3 is 19.9 Å². The van der Waals surface area contributed by atoms with Gasteiger partial charge in [-0.25, -0.2) is 18.9 Å². The van der Waals surface area contributed by atoms with Crippen LogP contribution in [0, 0.1) is 6.92 Å². The van der Waals surface area contributed by atoms with E-state index in [0.717, 1.165) is 26.2 Å². The number of benzene rings is 2. The van der Waals surface area contributed by atoms with E-state index in [9.17, 15) is 9.59 Å². The number of aromatic nitrogens is 4. The van der Waals surface area contributed by atoms with Crippen molar-refractivity contribution in [2.45, 2.75) is 20.4 Å². The summed E-state index contributed by atoms with van der Waals surface area (Å²) in [4.78, 5) is 34.8. The van der Waals surface area contributed by atoms with Crippen LogP contribution in [0.15, 0.2) is 65.7 Å². The van der Waals surface area contributed by atoms with Crippen LogP contribution in [0.3, 0.4) is 0 Å². The molecule has 1 N–H and O–H groups in total. The molecule has 10 nitrogen and oxygen atoms in total. The van der Waals surface area contributed by atoms with E-state index < -0.39 is 0 Å². The van der Waals surface area contributed by atoms with Gasteiger partial charge in [0.25, 0.3) is 0 Å². The molecule has 5 rings (SSSR count). The fraction of sp³-hybridized carbons (Fsp3) is 0.308. The van der Waals surface area contributed by atoms with Crippen molar-refractivity contribution in [1.82, 2.24) is 19.2 Å². The van der Waals surface area contributed by atoms with Gasteiger partial charge in [-0.05, 0) is 37.6 Å². The van der Waals surface area contributed by atoms with Crippen LogP contribution in [0.2, 0.25) is 0 Å². The Bertz CT molecular complexity index is 1440. The number of ether oxygens (including phenoxy) is 1. The quantitative estimate of drug-likeness (QED) is 0.428. The molecule has 4 aromatic rings. The van der Waals surface area contributed by atoms with Gasteiger partial charge in [-0.3, -0.25) is 4.79 Å². The van der Waals surface area contributed by atoms with Crippen LogP contribution in [0.5, 0.6) is 5.75 Å². The fourth-order valence-corrected chi connectivity index (χ4v) is 4.52. The lowest BCUT2D eigenvalue weighted by molar-refractivity contribution is -0.117. The Hall–Kier alpha value is -4.34. The molecule has 0 spiro atoms. The number of fused-ring (bicyclic) bond motifs is 1. The van der Waals surface area contributed by atoms with Crippen LogP contribution in [0.1, 0.15) is 12.5 Å². The monoisotopic (exact) mass is 487 g/mol. The minimum Gasteiger partial charge on any atom is -0.492 e. The summed E-state index contributed by atoms with van der Waals surface area (Å²) in [7, 11) is 0. The first-order chi connectivity index (χ1) is 17.5. The number of hydrogen-bond acceptors (Lipinski definition) is 7. The molecule has 186 valence electrons. The molecule has 0 unspecified atom stereocenters. The lowest BCUT2D eigenvalue weighted by atomic mass is 10.1. The number of carbonyl (C=O) groups is 1. The Kier molecular flexibility index (Phi) is 6.57. The highest BCUT2D eigenvalue weighted by Gasteiger charge is 2.23. The Morgan fingerprint density at radius 3 is 2.53 bits per heavy atom. The third kappa shape index (κ3) is 4.61. The standard InChI is InChI=1S/C26H29N7O3/c1-3-36-22-11-7-5-9-20(22)28-23(34)18-33-26(35)32-13-12-27-24(25(32)29-33)31-16-14-30(15-17-31)21-10-6-4-8-19(21)2/h4-13H,3,14-18H2,1-2H3,(H,28,34). The largest absolute Gasteiger partial charge is 0.492 e. The number of amides is 1. The molecule has 36 heavy (non-hydrogen) atoms. The number of nitrogens with one attached hydrogen (secondary N) is 1. The number of aryl methyl sites for hydroxylation is 1. The smallest absolute Gasteiger partial charge is 0.350 e. The van der Waals surface area contributed by atoms with E-state index in [0.29, 0.717) is 29.5 Å². The normalized spacial score (nSPS) is 13.7. The van der Waals surface area contributed by atoms with Crippen molar-refractivity contribution in [3.8, 4) is 5.75 Å². The van der Waals surface area contributed by atoms with Crippen molar-refractivity contribution in [2.24, 2.45) is 0 Å². The number of carbonyl (C=O) groups excluding carboxylic acids is 1. The summed E-state index contributed by atoms with van der Waals surface area (Å²) in [6.07, 6.45) is 3.18. The van der Waals surface area contributed by atoms with Crippen molar-refractivity contribution in [2.75, 3.05) is 47.9 Å². The molecule has 1 aliphatic heterocycles. The van der Waals surface area contributed by atoms with E-state index in [4.69, 9.17) is 4.74 Å². The molecule has 0 radical (unpaired) electrons. The molecule has 2 aromatic heterocycles. The zero-order valence-corrected chi connectivity index (χ0v) is 20.4. The molecule has 1 aliphatic rings. The Balaban J connectivity index is 1.33. The lowest BCUT2D eigenvalue weighted by Crippen LogP contribution is -2.47. The molecule has 0 bridgehead atoms. The zero-order valence-electron chi connectivity index (χ0n) is 20.4. The molecule has 0 saturated carbocycles. The van der Waals surface area contributed by atoms with Crippen molar-refractivity contribution < 1.29 is 9.53 Å². The molecule has 0 atom stereocenters. The van der Waals surface area contributed by atoms with Crippen LogP contribution in [0.25, 0.3) is 5.65 Å². The van der Waals surface area contributed by atoms with E-state index in [1.54, 1.807) is 24.5 Å². The number of nitrogens with zero attached hydrogens (tertiary/aromatic N) is 6. The highest BCUT2D eigenvalue weighted by atomic mass is 16.5. The highest BCUT2D eigenvalue weighted by Crippen LogP contribution is 2.25. The second kappa shape index (κ2) is 10.1. The molecule has 2 aromatic carbocycles. The van der Waals surface area contributed by atoms with Gasteiger partial charge in [0.15, 0.2) is 5.82 Å². The molecule has 10 heteroatoms. The SMILES string of the molecule is CCOc1ccccc1NC(=O)Cn1nc2c(N3CCN(c4ccccc4C)CC3)nccn2c1=O. The van der Waals surface area contributed by atoms with Crippen LogP contribution in [-0.2, 0) is 11.3 Å². The second-order valence-electron chi connectivity index (χ2n) is 8.62. The number of hydrogen-bond donors (Lipinski definition) is 1. The van der Waals surface area contributed by atoms with Gasteiger partial charge in [-0.1, -0.05) is 30.3 Å². The van der Waals surface area contributed by atoms with Gasteiger partial charge in [0.05, 0.1) is 12.3 Å². The van der Waals surface area contributed by atoms with Gasteiger partial charge in [-0.2, -0.15) is 0 Å². The van der Waals surface area contributed by atoms with Gasteiger partial charge in [0.1, 0.15) is 12.3 Å². The van der Waals surface area contributed by atoms with Crippen molar-refractivity contribution in [1.29, 1.82) is 0 Å². The maximum absolute atomic E-state index is 13.0. The summed E-state index contributed by atoms with van der Waals surface area (Å²) in [6, 6.07) is 15.6. The topological polar surface area (TPSA) is 97.0 Å². The predicted molar refractivity (Wildman–Crippen MR) is 139 cm³/mol. The Labute approximate surface area is 208 Å². The van der Waals surface area contributed by atoms with Crippen LogP contribution >= 0.6 is 0 Å². The molecular formula is C26H29N7O3. The predicted octanol–water partition coefficient (Wildman–Crippen LogP) is 2.56. The average molecular weight is 488 g/mol. The average Bonchev–Trinajstić information content (AvgIpc) is 3.21. The Morgan fingerprint density at radius 2 is 1.75 bits per heavy atom. The van der Waals surface area contributed by atoms with Crippen LogP contribution in [0.4, 0.5) is 17.2 Å². The minimum absolute atomic E-state index is 0.221. The number of rotatable bonds is 7. The maximum atomic E-state index is 13.0. The molecule has 0 aliphatic carbocycles. The summed E-state index contributed by atoms with van der Waals surface area (Å²) in [6.45, 7) is 7.42. The first kappa shape index (κ1) is 23.4. The lowest BCUT2D eigenvalue weighted by Gasteiger charge is -2.37. The van der Waals surface area contributed by atoms with Crippen LogP contribution in [-0.4, -0.2) is 57.9 Å². The third-order valence-electron chi connectivity index (χ3n) is 6.27. The molecule has 3 heterocycles. The summed E-state index contributed by atoms with van der Waals surface area (Å²) < 4.78 is 8.18. The van der Waals surface area contributed by atoms with Gasteiger partial charge in [-0.15, -0.1) is 5.10 Å². The van der Waals surface area contributed by atoms with E-state index in [1.807, 2.05) is 25.1 Å². The van der Waals surface area contributed by atoms with Crippen molar-refractivity contribution >= 4 is 28.7 Å². The van der Waals surface area contributed by atoms with E-state index >= 15 is 0 Å². The first-order valence-electron chi connectivity index (χ1n) is 12.1. The summed E-state index contributed by atoms with van der Waals surface area (Å²) >= 11 is 0. The van der Waals surface area contributed by atoms with Crippen LogP contribution < -0.4 is 25.5 Å². The minimum atomic E-state index is -0.388. The van der Waals surface area contributed by atoms with E-state index in [1.165, 1.54) is 20.3 Å². The summed E-state index contributed by atoms with van der Waals surface area (Å²) in [5, 5.41) is 7.29. The molecular weight excluding hydrogens is 458 g/mol. The zero-order chi connectivity index (χ0) is 25.1. The fourth-order valence-electron chi connectivity index (χ4n) is 4.52. The Morgan fingerprint density at radius 1 is 1.03 bits per heavy atom. The van der Waals surface area contributed by atoms with Gasteiger partial charge in [0, 0.05) is 44.3 Å². The highest BCUT2D eigenvalue weighted by molar-refractivity contribution is 5.92. The number of anilines is 3. The molecule has 1 saturated heterocycles. The summed E-state index contributed by atoms with van der Waals surface area (Å²) in [5.41, 5.74) is 3.09. The molecule has 1 amide bonds. The second-order valence-corrected chi connectivity index (χ2v) is 8.62. The summed E-state index contributed by atoms with van der Waals surface area (Å²) in [5.74, 6) is 0.848. The van der Waals surface area contributed by atoms with Crippen molar-refractivity contribution in [3.63, 3.8) is 0 Å². The van der Waals surface area contributed by atoms with E-state index in [2.05, 4.69) is 50.3 Å². The van der Waals surface area contributed by atoms with Crippen molar-refractivity contribution in [3.05, 3.63) is 77.0 Å².